The third-order valence-corrected chi connectivity index (χ3v) is 8.55. The molecule has 1 heterocycles. The maximum atomic E-state index is 13.4. The summed E-state index contributed by atoms with van der Waals surface area (Å²) in [5.41, 5.74) is 3.49. The Bertz CT molecular complexity index is 1280. The van der Waals surface area contributed by atoms with E-state index in [0.29, 0.717) is 25.4 Å². The molecule has 0 radical (unpaired) electrons. The van der Waals surface area contributed by atoms with Gasteiger partial charge in [-0.25, -0.2) is 8.42 Å². The van der Waals surface area contributed by atoms with Crippen molar-refractivity contribution in [3.63, 3.8) is 0 Å². The molecule has 35 heavy (non-hydrogen) atoms. The number of benzene rings is 2. The van der Waals surface area contributed by atoms with Crippen LogP contribution in [0.2, 0.25) is 0 Å². The molecule has 9 heteroatoms. The number of sulfonamides is 1. The Kier molecular flexibility index (Phi) is 7.57. The van der Waals surface area contributed by atoms with Crippen molar-refractivity contribution in [1.29, 1.82) is 0 Å². The van der Waals surface area contributed by atoms with Gasteiger partial charge >= 0.3 is 0 Å². The number of rotatable bonds is 9. The lowest BCUT2D eigenvalue weighted by atomic mass is 9.92. The Morgan fingerprint density at radius 1 is 1.17 bits per heavy atom. The smallest absolute Gasteiger partial charge is 0.255 e. The van der Waals surface area contributed by atoms with Crippen LogP contribution in [-0.2, 0) is 23.0 Å². The molecule has 2 aromatic carbocycles. The van der Waals surface area contributed by atoms with Gasteiger partial charge in [-0.1, -0.05) is 44.2 Å². The monoisotopic (exact) mass is 496 g/mol. The highest BCUT2D eigenvalue weighted by atomic mass is 32.2. The third kappa shape index (κ3) is 5.11. The quantitative estimate of drug-likeness (QED) is 0.487. The maximum absolute atomic E-state index is 13.4. The van der Waals surface area contributed by atoms with E-state index in [2.05, 4.69) is 22.5 Å². The molecule has 0 saturated carbocycles. The molecule has 0 aliphatic heterocycles. The molecule has 1 aliphatic rings. The predicted molar refractivity (Wildman–Crippen MR) is 134 cm³/mol. The fourth-order valence-corrected chi connectivity index (χ4v) is 6.12. The first-order valence-electron chi connectivity index (χ1n) is 12.0. The predicted octanol–water partition coefficient (Wildman–Crippen LogP) is 3.78. The van der Waals surface area contributed by atoms with Gasteiger partial charge in [0, 0.05) is 24.3 Å². The molecule has 186 valence electrons. The Balaban J connectivity index is 1.59. The number of amides is 1. The molecular weight excluding hydrogens is 464 g/mol. The molecule has 1 aliphatic carbocycles. The molecular formula is C26H32N4O4S. The van der Waals surface area contributed by atoms with Crippen LogP contribution in [0.25, 0.3) is 0 Å². The number of ether oxygens (including phenoxy) is 1. The summed E-state index contributed by atoms with van der Waals surface area (Å²) in [6, 6.07) is 14.4. The molecule has 8 nitrogen and oxygen atoms in total. The van der Waals surface area contributed by atoms with Crippen molar-refractivity contribution in [3.05, 3.63) is 77.1 Å². The van der Waals surface area contributed by atoms with Crippen LogP contribution in [0.15, 0.2) is 59.6 Å². The Morgan fingerprint density at radius 2 is 1.91 bits per heavy atom. The molecule has 3 aromatic rings. The summed E-state index contributed by atoms with van der Waals surface area (Å²) in [7, 11) is -2.24. The van der Waals surface area contributed by atoms with Crippen molar-refractivity contribution in [3.8, 4) is 5.75 Å². The van der Waals surface area contributed by atoms with E-state index in [1.54, 1.807) is 13.8 Å². The number of methoxy groups -OCH3 is 1. The van der Waals surface area contributed by atoms with Crippen molar-refractivity contribution in [1.82, 2.24) is 19.4 Å². The lowest BCUT2D eigenvalue weighted by Crippen LogP contribution is -2.32. The Morgan fingerprint density at radius 3 is 2.60 bits per heavy atom. The SMILES string of the molecule is CCN(CC)S(=O)(=O)c1ccc(OC)c(C(=O)NC2CCCc3c2cnn3Cc2ccccc2)c1. The first-order chi connectivity index (χ1) is 16.9. The van der Waals surface area contributed by atoms with E-state index >= 15 is 0 Å². The number of fused-ring (bicyclic) bond motifs is 1. The van der Waals surface area contributed by atoms with E-state index in [1.807, 2.05) is 29.1 Å². The summed E-state index contributed by atoms with van der Waals surface area (Å²) in [5, 5.41) is 7.70. The van der Waals surface area contributed by atoms with Gasteiger partial charge in [0.05, 0.1) is 36.4 Å². The van der Waals surface area contributed by atoms with Crippen LogP contribution in [-0.4, -0.2) is 48.6 Å². The van der Waals surface area contributed by atoms with Gasteiger partial charge in [-0.2, -0.15) is 9.40 Å². The lowest BCUT2D eigenvalue weighted by Gasteiger charge is -2.25. The number of nitrogens with one attached hydrogen (secondary N) is 1. The molecule has 1 atom stereocenters. The molecule has 0 spiro atoms. The largest absolute Gasteiger partial charge is 0.496 e. The molecule has 1 amide bonds. The van der Waals surface area contributed by atoms with Gasteiger partial charge in [-0.15, -0.1) is 0 Å². The zero-order valence-corrected chi connectivity index (χ0v) is 21.2. The van der Waals surface area contributed by atoms with E-state index in [4.69, 9.17) is 4.74 Å². The Hall–Kier alpha value is -3.17. The first-order valence-corrected chi connectivity index (χ1v) is 13.4. The van der Waals surface area contributed by atoms with Crippen molar-refractivity contribution in [2.75, 3.05) is 20.2 Å². The van der Waals surface area contributed by atoms with Crippen molar-refractivity contribution >= 4 is 15.9 Å². The maximum Gasteiger partial charge on any atom is 0.255 e. The molecule has 0 bridgehead atoms. The Labute approximate surface area is 207 Å². The number of nitrogens with zero attached hydrogens (tertiary/aromatic N) is 3. The zero-order valence-electron chi connectivity index (χ0n) is 20.4. The van der Waals surface area contributed by atoms with Gasteiger partial charge in [0.15, 0.2) is 0 Å². The molecule has 1 aromatic heterocycles. The van der Waals surface area contributed by atoms with E-state index < -0.39 is 10.0 Å². The van der Waals surface area contributed by atoms with Crippen LogP contribution in [0, 0.1) is 0 Å². The normalized spacial score (nSPS) is 15.6. The van der Waals surface area contributed by atoms with E-state index in [0.717, 1.165) is 30.5 Å². The van der Waals surface area contributed by atoms with Gasteiger partial charge in [-0.3, -0.25) is 9.48 Å². The number of carbonyl (C=O) groups is 1. The third-order valence-electron chi connectivity index (χ3n) is 6.50. The fraction of sp³-hybridized carbons (Fsp3) is 0.385. The summed E-state index contributed by atoms with van der Waals surface area (Å²) in [5.74, 6) is -0.0380. The topological polar surface area (TPSA) is 93.5 Å². The minimum absolute atomic E-state index is 0.0761. The minimum Gasteiger partial charge on any atom is -0.496 e. The van der Waals surface area contributed by atoms with E-state index in [1.165, 1.54) is 35.2 Å². The van der Waals surface area contributed by atoms with Gasteiger partial charge in [0.25, 0.3) is 5.91 Å². The van der Waals surface area contributed by atoms with Crippen molar-refractivity contribution < 1.29 is 17.9 Å². The number of aromatic nitrogens is 2. The highest BCUT2D eigenvalue weighted by molar-refractivity contribution is 7.89. The summed E-state index contributed by atoms with van der Waals surface area (Å²) >= 11 is 0. The highest BCUT2D eigenvalue weighted by Gasteiger charge is 2.28. The summed E-state index contributed by atoms with van der Waals surface area (Å²) in [6.45, 7) is 4.96. The van der Waals surface area contributed by atoms with Crippen molar-refractivity contribution in [2.45, 2.75) is 50.6 Å². The van der Waals surface area contributed by atoms with Crippen molar-refractivity contribution in [2.24, 2.45) is 0 Å². The lowest BCUT2D eigenvalue weighted by molar-refractivity contribution is 0.0929. The first kappa shape index (κ1) is 24.9. The van der Waals surface area contributed by atoms with Gasteiger partial charge < -0.3 is 10.1 Å². The van der Waals surface area contributed by atoms with Gasteiger partial charge in [0.1, 0.15) is 5.75 Å². The standard InChI is InChI=1S/C26H32N4O4S/c1-4-29(5-2)35(32,33)20-14-15-25(34-3)21(16-20)26(31)28-23-12-9-13-24-22(23)17-27-30(24)18-19-10-7-6-8-11-19/h6-8,10-11,14-17,23H,4-5,9,12-13,18H2,1-3H3,(H,28,31). The van der Waals surface area contributed by atoms with Crippen LogP contribution in [0.4, 0.5) is 0 Å². The average molecular weight is 497 g/mol. The molecule has 0 fully saturated rings. The second-order valence-corrected chi connectivity index (χ2v) is 10.5. The van der Waals surface area contributed by atoms with Gasteiger partial charge in [-0.05, 0) is 43.0 Å². The minimum atomic E-state index is -3.71. The average Bonchev–Trinajstić information content (AvgIpc) is 3.28. The number of carbonyl (C=O) groups excluding carboxylic acids is 1. The van der Waals surface area contributed by atoms with Gasteiger partial charge in [0.2, 0.25) is 10.0 Å². The van der Waals surface area contributed by atoms with Crippen LogP contribution in [0.1, 0.15) is 59.9 Å². The molecule has 1 unspecified atom stereocenters. The number of hydrogen-bond donors (Lipinski definition) is 1. The van der Waals surface area contributed by atoms with Crippen LogP contribution >= 0.6 is 0 Å². The molecule has 1 N–H and O–H groups in total. The van der Waals surface area contributed by atoms with E-state index in [-0.39, 0.29) is 22.4 Å². The summed E-state index contributed by atoms with van der Waals surface area (Å²) in [4.78, 5) is 13.4. The zero-order chi connectivity index (χ0) is 25.0. The summed E-state index contributed by atoms with van der Waals surface area (Å²) < 4.78 is 34.8. The number of hydrogen-bond acceptors (Lipinski definition) is 5. The second-order valence-electron chi connectivity index (χ2n) is 8.56. The van der Waals surface area contributed by atoms with Crippen LogP contribution in [0.3, 0.4) is 0 Å². The van der Waals surface area contributed by atoms with Crippen LogP contribution in [0.5, 0.6) is 5.75 Å². The molecule has 4 rings (SSSR count). The highest BCUT2D eigenvalue weighted by Crippen LogP contribution is 2.31. The fourth-order valence-electron chi connectivity index (χ4n) is 4.63. The van der Waals surface area contributed by atoms with E-state index in [9.17, 15) is 13.2 Å². The second kappa shape index (κ2) is 10.6. The summed E-state index contributed by atoms with van der Waals surface area (Å²) in [6.07, 6.45) is 4.44. The van der Waals surface area contributed by atoms with Crippen LogP contribution < -0.4 is 10.1 Å². The molecule has 0 saturated heterocycles.